The van der Waals surface area contributed by atoms with Gasteiger partial charge in [-0.15, -0.1) is 0 Å². The number of hydrogen-bond donors (Lipinski definition) is 0. The van der Waals surface area contributed by atoms with E-state index in [1.807, 2.05) is 0 Å². The standard InChI is InChI=1S/C20H16N2O4/c1-21-16-7-6-12(10-13(16)11-18(21)24)17(23)8-9-22-19(25)14-4-2-3-5-15(14)20(22)26/h2-7,10H,8-9,11H2,1H3. The van der Waals surface area contributed by atoms with E-state index in [2.05, 4.69) is 0 Å². The van der Waals surface area contributed by atoms with E-state index in [0.29, 0.717) is 16.7 Å². The fraction of sp³-hybridized carbons (Fsp3) is 0.200. The summed E-state index contributed by atoms with van der Waals surface area (Å²) in [7, 11) is 1.71. The van der Waals surface area contributed by atoms with Gasteiger partial charge in [0.05, 0.1) is 17.5 Å². The molecule has 3 amide bonds. The number of Topliss-reactive ketones (excluding diaryl/α,β-unsaturated/α-hetero) is 1. The van der Waals surface area contributed by atoms with Crippen LogP contribution in [0.3, 0.4) is 0 Å². The Morgan fingerprint density at radius 3 is 2.31 bits per heavy atom. The summed E-state index contributed by atoms with van der Waals surface area (Å²) in [6, 6.07) is 11.8. The van der Waals surface area contributed by atoms with Gasteiger partial charge in [0.25, 0.3) is 11.8 Å². The third-order valence-corrected chi connectivity index (χ3v) is 4.92. The van der Waals surface area contributed by atoms with Crippen molar-refractivity contribution in [3.8, 4) is 0 Å². The molecule has 2 aliphatic rings. The predicted molar refractivity (Wildman–Crippen MR) is 94.3 cm³/mol. The minimum absolute atomic E-state index is 0.00405. The van der Waals surface area contributed by atoms with Gasteiger partial charge < -0.3 is 4.90 Å². The van der Waals surface area contributed by atoms with Gasteiger partial charge in [-0.25, -0.2) is 0 Å². The van der Waals surface area contributed by atoms with Gasteiger partial charge in [0.1, 0.15) is 0 Å². The molecule has 0 aromatic heterocycles. The lowest BCUT2D eigenvalue weighted by molar-refractivity contribution is -0.117. The maximum Gasteiger partial charge on any atom is 0.261 e. The molecule has 26 heavy (non-hydrogen) atoms. The Labute approximate surface area is 150 Å². The summed E-state index contributed by atoms with van der Waals surface area (Å²) < 4.78 is 0. The number of hydrogen-bond acceptors (Lipinski definition) is 4. The van der Waals surface area contributed by atoms with E-state index >= 15 is 0 Å². The zero-order valence-electron chi connectivity index (χ0n) is 14.2. The largest absolute Gasteiger partial charge is 0.315 e. The molecule has 0 spiro atoms. The van der Waals surface area contributed by atoms with Crippen molar-refractivity contribution in [1.29, 1.82) is 0 Å². The minimum Gasteiger partial charge on any atom is -0.315 e. The van der Waals surface area contributed by atoms with E-state index in [-0.39, 0.29) is 42.9 Å². The highest BCUT2D eigenvalue weighted by Crippen LogP contribution is 2.29. The van der Waals surface area contributed by atoms with Gasteiger partial charge >= 0.3 is 0 Å². The van der Waals surface area contributed by atoms with Crippen molar-refractivity contribution < 1.29 is 19.2 Å². The Morgan fingerprint density at radius 2 is 1.65 bits per heavy atom. The summed E-state index contributed by atoms with van der Waals surface area (Å²) in [5, 5.41) is 0. The molecule has 0 radical (unpaired) electrons. The first kappa shape index (κ1) is 16.2. The molecule has 4 rings (SSSR count). The van der Waals surface area contributed by atoms with Crippen molar-refractivity contribution in [3.05, 3.63) is 64.7 Å². The summed E-state index contributed by atoms with van der Waals surface area (Å²) in [4.78, 5) is 51.6. The first-order valence-corrected chi connectivity index (χ1v) is 8.35. The fourth-order valence-corrected chi connectivity index (χ4v) is 3.44. The Balaban J connectivity index is 1.47. The van der Waals surface area contributed by atoms with Crippen molar-refractivity contribution in [1.82, 2.24) is 4.90 Å². The first-order chi connectivity index (χ1) is 12.5. The molecular weight excluding hydrogens is 332 g/mol. The summed E-state index contributed by atoms with van der Waals surface area (Å²) >= 11 is 0. The van der Waals surface area contributed by atoms with E-state index in [1.165, 1.54) is 0 Å². The Hall–Kier alpha value is -3.28. The molecule has 6 nitrogen and oxygen atoms in total. The highest BCUT2D eigenvalue weighted by molar-refractivity contribution is 6.21. The average molecular weight is 348 g/mol. The number of nitrogens with zero attached hydrogens (tertiary/aromatic N) is 2. The molecule has 0 fully saturated rings. The van der Waals surface area contributed by atoms with Gasteiger partial charge in [-0.3, -0.25) is 24.1 Å². The fourth-order valence-electron chi connectivity index (χ4n) is 3.44. The average Bonchev–Trinajstić information content (AvgIpc) is 3.07. The van der Waals surface area contributed by atoms with Gasteiger partial charge in [0.2, 0.25) is 5.91 Å². The van der Waals surface area contributed by atoms with Crippen molar-refractivity contribution in [3.63, 3.8) is 0 Å². The van der Waals surface area contributed by atoms with Crippen LogP contribution in [0.15, 0.2) is 42.5 Å². The van der Waals surface area contributed by atoms with Crippen molar-refractivity contribution in [2.45, 2.75) is 12.8 Å². The summed E-state index contributed by atoms with van der Waals surface area (Å²) in [6.07, 6.45) is 0.333. The molecular formula is C20H16N2O4. The molecule has 130 valence electrons. The number of fused-ring (bicyclic) bond motifs is 2. The van der Waals surface area contributed by atoms with Crippen LogP contribution in [0.25, 0.3) is 0 Å². The van der Waals surface area contributed by atoms with Gasteiger partial charge in [-0.2, -0.15) is 0 Å². The molecule has 0 aliphatic carbocycles. The molecule has 0 unspecified atom stereocenters. The van der Waals surface area contributed by atoms with E-state index in [1.54, 1.807) is 54.4 Å². The lowest BCUT2D eigenvalue weighted by Gasteiger charge is -2.13. The lowest BCUT2D eigenvalue weighted by Crippen LogP contribution is -2.31. The number of amides is 3. The molecule has 2 aliphatic heterocycles. The Kier molecular flexibility index (Phi) is 3.68. The predicted octanol–water partition coefficient (Wildman–Crippen LogP) is 2.07. The molecule has 2 aromatic rings. The van der Waals surface area contributed by atoms with Gasteiger partial charge in [-0.05, 0) is 35.9 Å². The van der Waals surface area contributed by atoms with Crippen molar-refractivity contribution >= 4 is 29.2 Å². The summed E-state index contributed by atoms with van der Waals surface area (Å²) in [6.45, 7) is 0.0428. The number of rotatable bonds is 4. The third kappa shape index (κ3) is 2.42. The van der Waals surface area contributed by atoms with E-state index in [9.17, 15) is 19.2 Å². The highest BCUT2D eigenvalue weighted by atomic mass is 16.2. The molecule has 0 saturated carbocycles. The number of imide groups is 1. The molecule has 2 heterocycles. The smallest absolute Gasteiger partial charge is 0.261 e. The number of anilines is 1. The number of likely N-dealkylation sites (N-methyl/N-ethyl adjacent to an activating group) is 1. The SMILES string of the molecule is CN1C(=O)Cc2cc(C(=O)CCN3C(=O)c4ccccc4C3=O)ccc21. The van der Waals surface area contributed by atoms with Crippen LogP contribution in [0.4, 0.5) is 5.69 Å². The zero-order valence-corrected chi connectivity index (χ0v) is 14.2. The van der Waals surface area contributed by atoms with Crippen LogP contribution in [0.1, 0.15) is 43.1 Å². The second kappa shape index (κ2) is 5.91. The van der Waals surface area contributed by atoms with E-state index in [4.69, 9.17) is 0 Å². The number of carbonyl (C=O) groups excluding carboxylic acids is 4. The Bertz CT molecular complexity index is 945. The Morgan fingerprint density at radius 1 is 1.00 bits per heavy atom. The second-order valence-electron chi connectivity index (χ2n) is 6.45. The van der Waals surface area contributed by atoms with E-state index < -0.39 is 0 Å². The van der Waals surface area contributed by atoms with Crippen LogP contribution < -0.4 is 4.90 Å². The maximum atomic E-state index is 12.5. The van der Waals surface area contributed by atoms with Crippen LogP contribution in [0.5, 0.6) is 0 Å². The highest BCUT2D eigenvalue weighted by Gasteiger charge is 2.35. The summed E-state index contributed by atoms with van der Waals surface area (Å²) in [5.74, 6) is -0.888. The molecule has 0 bridgehead atoms. The second-order valence-corrected chi connectivity index (χ2v) is 6.45. The third-order valence-electron chi connectivity index (χ3n) is 4.92. The van der Waals surface area contributed by atoms with Crippen molar-refractivity contribution in [2.75, 3.05) is 18.5 Å². The van der Waals surface area contributed by atoms with Gasteiger partial charge in [-0.1, -0.05) is 12.1 Å². The molecule has 2 aromatic carbocycles. The summed E-state index contributed by atoms with van der Waals surface area (Å²) in [5.41, 5.74) is 2.88. The normalized spacial score (nSPS) is 15.5. The van der Waals surface area contributed by atoms with Crippen LogP contribution in [0.2, 0.25) is 0 Å². The minimum atomic E-state index is -0.362. The van der Waals surface area contributed by atoms with Crippen molar-refractivity contribution in [2.24, 2.45) is 0 Å². The maximum absolute atomic E-state index is 12.5. The van der Waals surface area contributed by atoms with Gasteiger partial charge in [0, 0.05) is 31.3 Å². The molecule has 6 heteroatoms. The number of ketones is 1. The number of carbonyl (C=O) groups is 4. The quantitative estimate of drug-likeness (QED) is 0.626. The van der Waals surface area contributed by atoms with Crippen LogP contribution >= 0.6 is 0 Å². The van der Waals surface area contributed by atoms with Crippen LogP contribution in [0, 0.1) is 0 Å². The first-order valence-electron chi connectivity index (χ1n) is 8.35. The lowest BCUT2D eigenvalue weighted by atomic mass is 10.0. The van der Waals surface area contributed by atoms with Gasteiger partial charge in [0.15, 0.2) is 5.78 Å². The number of benzene rings is 2. The topological polar surface area (TPSA) is 74.8 Å². The zero-order chi connectivity index (χ0) is 18.4. The molecule has 0 N–H and O–H groups in total. The molecule has 0 saturated heterocycles. The van der Waals surface area contributed by atoms with Crippen LogP contribution in [-0.2, 0) is 11.2 Å². The van der Waals surface area contributed by atoms with Crippen LogP contribution in [-0.4, -0.2) is 42.0 Å². The molecule has 0 atom stereocenters. The van der Waals surface area contributed by atoms with E-state index in [0.717, 1.165) is 16.2 Å². The monoisotopic (exact) mass is 348 g/mol.